The van der Waals surface area contributed by atoms with E-state index in [9.17, 15) is 13.2 Å². The van der Waals surface area contributed by atoms with E-state index in [1.54, 1.807) is 36.3 Å². The number of para-hydroxylation sites is 2. The van der Waals surface area contributed by atoms with Crippen molar-refractivity contribution in [3.8, 4) is 17.2 Å². The minimum absolute atomic E-state index is 0.0283. The number of anilines is 2. The van der Waals surface area contributed by atoms with Crippen molar-refractivity contribution in [2.24, 2.45) is 0 Å². The van der Waals surface area contributed by atoms with Gasteiger partial charge in [-0.3, -0.25) is 9.52 Å². The number of carbonyl (C=O) groups excluding carboxylic acids is 1. The molecule has 0 aromatic heterocycles. The van der Waals surface area contributed by atoms with Gasteiger partial charge in [-0.2, -0.15) is 0 Å². The topological polar surface area (TPSA) is 97.4 Å². The van der Waals surface area contributed by atoms with Crippen LogP contribution in [-0.2, 0) is 14.8 Å². The molecule has 1 aliphatic heterocycles. The third kappa shape index (κ3) is 6.39. The number of benzene rings is 3. The molecule has 0 bridgehead atoms. The molecule has 0 unspecified atom stereocenters. The average molecular weight is 546 g/mol. The molecule has 1 saturated heterocycles. The Labute approximate surface area is 221 Å². The summed E-state index contributed by atoms with van der Waals surface area (Å²) in [7, 11) is -0.704. The Bertz CT molecular complexity index is 1340. The van der Waals surface area contributed by atoms with Crippen LogP contribution < -0.4 is 23.8 Å². The third-order valence-electron chi connectivity index (χ3n) is 5.97. The number of amides is 1. The van der Waals surface area contributed by atoms with Gasteiger partial charge in [0.1, 0.15) is 17.2 Å². The van der Waals surface area contributed by atoms with Gasteiger partial charge in [-0.25, -0.2) is 8.42 Å². The van der Waals surface area contributed by atoms with Crippen molar-refractivity contribution >= 4 is 38.9 Å². The molecule has 1 fully saturated rings. The highest BCUT2D eigenvalue weighted by molar-refractivity contribution is 7.92. The summed E-state index contributed by atoms with van der Waals surface area (Å²) in [5.74, 6) is 1.46. The van der Waals surface area contributed by atoms with Crippen LogP contribution in [0.25, 0.3) is 0 Å². The molecule has 1 heterocycles. The van der Waals surface area contributed by atoms with E-state index in [1.807, 2.05) is 24.3 Å². The molecule has 1 amide bonds. The fraction of sp³-hybridized carbons (Fsp3) is 0.269. The number of methoxy groups -OCH3 is 2. The third-order valence-corrected chi connectivity index (χ3v) is 7.64. The molecule has 37 heavy (non-hydrogen) atoms. The molecule has 0 radical (unpaired) electrons. The number of carbonyl (C=O) groups is 1. The van der Waals surface area contributed by atoms with Crippen molar-refractivity contribution in [2.75, 3.05) is 56.6 Å². The van der Waals surface area contributed by atoms with Crippen LogP contribution >= 0.6 is 11.6 Å². The highest BCUT2D eigenvalue weighted by Gasteiger charge is 2.24. The number of piperazine rings is 1. The first-order chi connectivity index (χ1) is 17.8. The predicted octanol–water partition coefficient (Wildman–Crippen LogP) is 3.89. The number of sulfonamides is 1. The Kier molecular flexibility index (Phi) is 8.30. The van der Waals surface area contributed by atoms with Gasteiger partial charge in [-0.05, 0) is 54.6 Å². The van der Waals surface area contributed by atoms with E-state index >= 15 is 0 Å². The summed E-state index contributed by atoms with van der Waals surface area (Å²) >= 11 is 6.29. The Morgan fingerprint density at radius 2 is 1.62 bits per heavy atom. The number of hydrogen-bond donors (Lipinski definition) is 1. The van der Waals surface area contributed by atoms with Crippen LogP contribution in [0.2, 0.25) is 5.02 Å². The Hall–Kier alpha value is -3.63. The van der Waals surface area contributed by atoms with Gasteiger partial charge in [0.05, 0.1) is 29.8 Å². The normalized spacial score (nSPS) is 13.7. The second-order valence-corrected chi connectivity index (χ2v) is 10.3. The van der Waals surface area contributed by atoms with Crippen LogP contribution in [0.15, 0.2) is 71.6 Å². The van der Waals surface area contributed by atoms with Gasteiger partial charge in [0.25, 0.3) is 15.9 Å². The molecule has 3 aromatic carbocycles. The molecular formula is C26H28ClN3O6S. The molecule has 1 N–H and O–H groups in total. The van der Waals surface area contributed by atoms with Gasteiger partial charge < -0.3 is 24.0 Å². The van der Waals surface area contributed by atoms with E-state index in [2.05, 4.69) is 9.62 Å². The molecule has 4 rings (SSSR count). The SMILES string of the molecule is COc1ccc(NS(=O)(=O)c2ccc(OCC(=O)N3CCN(c4ccccc4OC)CC3)c(Cl)c2)cc1. The summed E-state index contributed by atoms with van der Waals surface area (Å²) in [5.41, 5.74) is 1.38. The standard InChI is InChI=1S/C26H28ClN3O6S/c1-34-20-9-7-19(8-10-20)28-37(32,33)21-11-12-24(22(27)17-21)36-18-26(31)30-15-13-29(14-16-30)23-5-3-4-6-25(23)35-2/h3-12,17,28H,13-16,18H2,1-2H3. The maximum atomic E-state index is 12.7. The summed E-state index contributed by atoms with van der Waals surface area (Å²) < 4.78 is 44.1. The summed E-state index contributed by atoms with van der Waals surface area (Å²) in [5, 5.41) is 0.0893. The summed E-state index contributed by atoms with van der Waals surface area (Å²) in [4.78, 5) is 16.6. The first kappa shape index (κ1) is 26.4. The number of hydrogen-bond acceptors (Lipinski definition) is 7. The quantitative estimate of drug-likeness (QED) is 0.436. The van der Waals surface area contributed by atoms with Gasteiger partial charge >= 0.3 is 0 Å². The van der Waals surface area contributed by atoms with Crippen molar-refractivity contribution in [2.45, 2.75) is 4.90 Å². The number of ether oxygens (including phenoxy) is 3. The lowest BCUT2D eigenvalue weighted by molar-refractivity contribution is -0.133. The maximum absolute atomic E-state index is 12.7. The lowest BCUT2D eigenvalue weighted by atomic mass is 10.2. The molecule has 0 aliphatic carbocycles. The van der Waals surface area contributed by atoms with Crippen molar-refractivity contribution in [1.82, 2.24) is 4.90 Å². The summed E-state index contributed by atoms with van der Waals surface area (Å²) in [6.07, 6.45) is 0. The summed E-state index contributed by atoms with van der Waals surface area (Å²) in [6, 6.07) is 18.4. The van der Waals surface area contributed by atoms with Crippen molar-refractivity contribution < 1.29 is 27.4 Å². The minimum Gasteiger partial charge on any atom is -0.497 e. The summed E-state index contributed by atoms with van der Waals surface area (Å²) in [6.45, 7) is 2.22. The lowest BCUT2D eigenvalue weighted by Gasteiger charge is -2.36. The average Bonchev–Trinajstić information content (AvgIpc) is 2.92. The molecule has 0 spiro atoms. The van der Waals surface area contributed by atoms with Crippen molar-refractivity contribution in [3.05, 3.63) is 71.8 Å². The molecule has 11 heteroatoms. The molecular weight excluding hydrogens is 518 g/mol. The van der Waals surface area contributed by atoms with Gasteiger partial charge in [0, 0.05) is 31.9 Å². The van der Waals surface area contributed by atoms with E-state index in [0.717, 1.165) is 11.4 Å². The number of nitrogens with one attached hydrogen (secondary N) is 1. The second-order valence-electron chi connectivity index (χ2n) is 8.25. The second kappa shape index (κ2) is 11.6. The number of halogens is 1. The van der Waals surface area contributed by atoms with Crippen molar-refractivity contribution in [1.29, 1.82) is 0 Å². The number of nitrogens with zero attached hydrogens (tertiary/aromatic N) is 2. The Morgan fingerprint density at radius 3 is 2.27 bits per heavy atom. The number of rotatable bonds is 9. The van der Waals surface area contributed by atoms with E-state index in [1.165, 1.54) is 25.3 Å². The lowest BCUT2D eigenvalue weighted by Crippen LogP contribution is -2.50. The van der Waals surface area contributed by atoms with Crippen LogP contribution in [0.5, 0.6) is 17.2 Å². The highest BCUT2D eigenvalue weighted by atomic mass is 35.5. The first-order valence-corrected chi connectivity index (χ1v) is 13.4. The largest absolute Gasteiger partial charge is 0.497 e. The van der Waals surface area contributed by atoms with Crippen molar-refractivity contribution in [3.63, 3.8) is 0 Å². The van der Waals surface area contributed by atoms with Crippen LogP contribution in [0.3, 0.4) is 0 Å². The van der Waals surface area contributed by atoms with Gasteiger partial charge in [-0.15, -0.1) is 0 Å². The minimum atomic E-state index is -3.87. The molecule has 9 nitrogen and oxygen atoms in total. The molecule has 1 aliphatic rings. The first-order valence-electron chi connectivity index (χ1n) is 11.6. The van der Waals surface area contributed by atoms with Crippen LogP contribution in [0.4, 0.5) is 11.4 Å². The predicted molar refractivity (Wildman–Crippen MR) is 143 cm³/mol. The zero-order valence-electron chi connectivity index (χ0n) is 20.5. The smallest absolute Gasteiger partial charge is 0.261 e. The maximum Gasteiger partial charge on any atom is 0.261 e. The van der Waals surface area contributed by atoms with Crippen LogP contribution in [0.1, 0.15) is 0 Å². The Balaban J connectivity index is 1.32. The fourth-order valence-electron chi connectivity index (χ4n) is 3.96. The molecule has 3 aromatic rings. The van der Waals surface area contributed by atoms with E-state index < -0.39 is 10.0 Å². The van der Waals surface area contributed by atoms with E-state index in [4.69, 9.17) is 25.8 Å². The van der Waals surface area contributed by atoms with Gasteiger partial charge in [0.2, 0.25) is 0 Å². The zero-order chi connectivity index (χ0) is 26.4. The van der Waals surface area contributed by atoms with E-state index in [-0.39, 0.29) is 28.2 Å². The molecule has 0 atom stereocenters. The fourth-order valence-corrected chi connectivity index (χ4v) is 5.34. The monoisotopic (exact) mass is 545 g/mol. The molecule has 0 saturated carbocycles. The van der Waals surface area contributed by atoms with Gasteiger partial charge in [0.15, 0.2) is 6.61 Å². The van der Waals surface area contributed by atoms with Gasteiger partial charge in [-0.1, -0.05) is 23.7 Å². The highest BCUT2D eigenvalue weighted by Crippen LogP contribution is 2.30. The van der Waals surface area contributed by atoms with E-state index in [0.29, 0.717) is 37.6 Å². The molecule has 196 valence electrons. The van der Waals surface area contributed by atoms with Crippen LogP contribution in [-0.4, -0.2) is 66.2 Å². The Morgan fingerprint density at radius 1 is 0.919 bits per heavy atom. The zero-order valence-corrected chi connectivity index (χ0v) is 22.1. The van der Waals surface area contributed by atoms with Crippen LogP contribution in [0, 0.1) is 0 Å².